The van der Waals surface area contributed by atoms with Crippen LogP contribution in [0.2, 0.25) is 0 Å². The van der Waals surface area contributed by atoms with Crippen LogP contribution < -0.4 is 0 Å². The molecule has 1 aliphatic heterocycles. The minimum atomic E-state index is -0.763. The second-order valence-electron chi connectivity index (χ2n) is 4.63. The number of carbonyl (C=O) groups is 2. The van der Waals surface area contributed by atoms with Crippen LogP contribution in [0.15, 0.2) is 18.2 Å². The number of carbonyl (C=O) groups excluding carboxylic acids is 2. The highest BCUT2D eigenvalue weighted by Crippen LogP contribution is 2.18. The zero-order chi connectivity index (χ0) is 13.3. The van der Waals surface area contributed by atoms with Gasteiger partial charge in [0, 0.05) is 13.0 Å². The molecule has 5 heteroatoms. The van der Waals surface area contributed by atoms with Crippen molar-refractivity contribution < 1.29 is 18.4 Å². The van der Waals surface area contributed by atoms with E-state index in [0.717, 1.165) is 18.2 Å². The molecule has 18 heavy (non-hydrogen) atoms. The van der Waals surface area contributed by atoms with Crippen molar-refractivity contribution in [2.24, 2.45) is 5.92 Å². The van der Waals surface area contributed by atoms with E-state index in [1.165, 1.54) is 4.90 Å². The molecule has 0 spiro atoms. The maximum Gasteiger partial charge on any atom is 0.223 e. The molecule has 1 fully saturated rings. The third-order valence-corrected chi connectivity index (χ3v) is 2.97. The van der Waals surface area contributed by atoms with Crippen LogP contribution in [-0.4, -0.2) is 29.7 Å². The molecule has 0 bridgehead atoms. The van der Waals surface area contributed by atoms with E-state index in [1.54, 1.807) is 0 Å². The Bertz CT molecular complexity index is 502. The number of nitrogens with zero attached hydrogens (tertiary/aromatic N) is 1. The predicted octanol–water partition coefficient (Wildman–Crippen LogP) is 2.02. The van der Waals surface area contributed by atoms with Crippen molar-refractivity contribution in [2.45, 2.75) is 13.3 Å². The molecule has 0 radical (unpaired) electrons. The average Bonchev–Trinajstić information content (AvgIpc) is 2.61. The summed E-state index contributed by atoms with van der Waals surface area (Å²) in [6.45, 7) is 2.20. The lowest BCUT2D eigenvalue weighted by molar-refractivity contribution is -0.127. The van der Waals surface area contributed by atoms with Gasteiger partial charge in [0.05, 0.1) is 12.1 Å². The van der Waals surface area contributed by atoms with Crippen molar-refractivity contribution in [3.63, 3.8) is 0 Å². The van der Waals surface area contributed by atoms with E-state index >= 15 is 0 Å². The Kier molecular flexibility index (Phi) is 3.41. The molecule has 0 aromatic heterocycles. The number of likely N-dealkylation sites (tertiary alicyclic amines) is 1. The minimum Gasteiger partial charge on any atom is -0.335 e. The monoisotopic (exact) mass is 253 g/mol. The zero-order valence-electron chi connectivity index (χ0n) is 9.95. The van der Waals surface area contributed by atoms with E-state index in [1.807, 2.05) is 6.92 Å². The van der Waals surface area contributed by atoms with Gasteiger partial charge in [-0.3, -0.25) is 9.59 Å². The number of halogens is 2. The smallest absolute Gasteiger partial charge is 0.223 e. The van der Waals surface area contributed by atoms with Gasteiger partial charge in [-0.2, -0.15) is 0 Å². The Balaban J connectivity index is 2.12. The summed E-state index contributed by atoms with van der Waals surface area (Å²) >= 11 is 0. The number of hydrogen-bond acceptors (Lipinski definition) is 2. The van der Waals surface area contributed by atoms with Crippen molar-refractivity contribution >= 4 is 11.7 Å². The van der Waals surface area contributed by atoms with Gasteiger partial charge >= 0.3 is 0 Å². The van der Waals surface area contributed by atoms with Crippen molar-refractivity contribution in [1.82, 2.24) is 4.90 Å². The van der Waals surface area contributed by atoms with Gasteiger partial charge in [0.15, 0.2) is 5.78 Å². The van der Waals surface area contributed by atoms with Crippen molar-refractivity contribution in [3.05, 3.63) is 35.4 Å². The van der Waals surface area contributed by atoms with Crippen LogP contribution in [-0.2, 0) is 4.79 Å². The van der Waals surface area contributed by atoms with E-state index in [4.69, 9.17) is 0 Å². The van der Waals surface area contributed by atoms with E-state index in [9.17, 15) is 18.4 Å². The number of ketones is 1. The topological polar surface area (TPSA) is 37.4 Å². The van der Waals surface area contributed by atoms with Crippen LogP contribution in [0.4, 0.5) is 8.78 Å². The average molecular weight is 253 g/mol. The molecule has 96 valence electrons. The molecule has 1 unspecified atom stereocenters. The van der Waals surface area contributed by atoms with Gasteiger partial charge in [0.25, 0.3) is 0 Å². The van der Waals surface area contributed by atoms with Gasteiger partial charge in [-0.15, -0.1) is 0 Å². The summed E-state index contributed by atoms with van der Waals surface area (Å²) in [5, 5.41) is 0. The lowest BCUT2D eigenvalue weighted by Gasteiger charge is -2.15. The second kappa shape index (κ2) is 4.84. The summed E-state index contributed by atoms with van der Waals surface area (Å²) in [7, 11) is 0. The number of hydrogen-bond donors (Lipinski definition) is 0. The SMILES string of the molecule is CC1CC(=O)N(CC(=O)c2cc(F)ccc2F)C1. The molecule has 3 nitrogen and oxygen atoms in total. The fraction of sp³-hybridized carbons (Fsp3) is 0.385. The highest BCUT2D eigenvalue weighted by Gasteiger charge is 2.28. The van der Waals surface area contributed by atoms with Gasteiger partial charge in [0.1, 0.15) is 11.6 Å². The normalized spacial score (nSPS) is 19.4. The van der Waals surface area contributed by atoms with Gasteiger partial charge in [0.2, 0.25) is 5.91 Å². The number of benzene rings is 1. The molecular formula is C13H13F2NO2. The van der Waals surface area contributed by atoms with Crippen molar-refractivity contribution in [1.29, 1.82) is 0 Å². The highest BCUT2D eigenvalue weighted by molar-refractivity contribution is 5.99. The minimum absolute atomic E-state index is 0.118. The fourth-order valence-electron chi connectivity index (χ4n) is 2.09. The predicted molar refractivity (Wildman–Crippen MR) is 61.0 cm³/mol. The Hall–Kier alpha value is -1.78. The molecule has 0 N–H and O–H groups in total. The van der Waals surface area contributed by atoms with E-state index in [0.29, 0.717) is 13.0 Å². The van der Waals surface area contributed by atoms with Crippen LogP contribution in [0.1, 0.15) is 23.7 Å². The fourth-order valence-corrected chi connectivity index (χ4v) is 2.09. The van der Waals surface area contributed by atoms with Crippen molar-refractivity contribution in [2.75, 3.05) is 13.1 Å². The maximum absolute atomic E-state index is 13.4. The summed E-state index contributed by atoms with van der Waals surface area (Å²) in [4.78, 5) is 24.7. The maximum atomic E-state index is 13.4. The lowest BCUT2D eigenvalue weighted by Crippen LogP contribution is -2.31. The summed E-state index contributed by atoms with van der Waals surface area (Å²) in [5.74, 6) is -1.92. The number of amides is 1. The molecule has 1 heterocycles. The largest absolute Gasteiger partial charge is 0.335 e. The van der Waals surface area contributed by atoms with Crippen molar-refractivity contribution in [3.8, 4) is 0 Å². The first-order valence-electron chi connectivity index (χ1n) is 5.73. The molecule has 2 rings (SSSR count). The molecule has 1 aromatic carbocycles. The molecule has 1 aliphatic rings. The molecule has 0 saturated carbocycles. The summed E-state index contributed by atoms with van der Waals surface area (Å²) < 4.78 is 26.3. The Labute approximate surface area is 103 Å². The van der Waals surface area contributed by atoms with E-state index in [2.05, 4.69) is 0 Å². The van der Waals surface area contributed by atoms with Crippen LogP contribution in [0.25, 0.3) is 0 Å². The van der Waals surface area contributed by atoms with Gasteiger partial charge in [-0.05, 0) is 24.1 Å². The van der Waals surface area contributed by atoms with E-state index < -0.39 is 17.4 Å². The van der Waals surface area contributed by atoms with Crippen LogP contribution in [0.3, 0.4) is 0 Å². The van der Waals surface area contributed by atoms with E-state index in [-0.39, 0.29) is 23.9 Å². The first kappa shape index (κ1) is 12.7. The Morgan fingerprint density at radius 2 is 2.17 bits per heavy atom. The van der Waals surface area contributed by atoms with Crippen LogP contribution in [0.5, 0.6) is 0 Å². The first-order valence-corrected chi connectivity index (χ1v) is 5.73. The van der Waals surface area contributed by atoms with Crippen LogP contribution in [0, 0.1) is 17.6 Å². The third kappa shape index (κ3) is 2.55. The number of Topliss-reactive ketones (excluding diaryl/α,β-unsaturated/α-hetero) is 1. The van der Waals surface area contributed by atoms with Gasteiger partial charge < -0.3 is 4.90 Å². The molecule has 1 aromatic rings. The van der Waals surface area contributed by atoms with Gasteiger partial charge in [-0.25, -0.2) is 8.78 Å². The standard InChI is InChI=1S/C13H13F2NO2/c1-8-4-13(18)16(6-8)7-12(17)10-5-9(14)2-3-11(10)15/h2-3,5,8H,4,6-7H2,1H3. The molecule has 1 atom stereocenters. The molecule has 1 amide bonds. The second-order valence-corrected chi connectivity index (χ2v) is 4.63. The third-order valence-electron chi connectivity index (χ3n) is 2.97. The highest BCUT2D eigenvalue weighted by atomic mass is 19.1. The zero-order valence-corrected chi connectivity index (χ0v) is 9.95. The van der Waals surface area contributed by atoms with Crippen LogP contribution >= 0.6 is 0 Å². The molecule has 1 saturated heterocycles. The Morgan fingerprint density at radius 1 is 1.44 bits per heavy atom. The Morgan fingerprint density at radius 3 is 2.78 bits per heavy atom. The molecular weight excluding hydrogens is 240 g/mol. The quantitative estimate of drug-likeness (QED) is 0.773. The molecule has 0 aliphatic carbocycles. The number of rotatable bonds is 3. The summed E-state index contributed by atoms with van der Waals surface area (Å²) in [6, 6.07) is 2.73. The van der Waals surface area contributed by atoms with Gasteiger partial charge in [-0.1, -0.05) is 6.92 Å². The first-order chi connectivity index (χ1) is 8.47. The summed E-state index contributed by atoms with van der Waals surface area (Å²) in [5.41, 5.74) is -0.303. The lowest BCUT2D eigenvalue weighted by atomic mass is 10.1. The summed E-state index contributed by atoms with van der Waals surface area (Å²) in [6.07, 6.45) is 0.402.